The van der Waals surface area contributed by atoms with E-state index in [1.54, 1.807) is 6.08 Å². The van der Waals surface area contributed by atoms with Crippen molar-refractivity contribution in [3.63, 3.8) is 0 Å². The van der Waals surface area contributed by atoms with Crippen LogP contribution >= 0.6 is 0 Å². The lowest BCUT2D eigenvalue weighted by Crippen LogP contribution is -2.37. The van der Waals surface area contributed by atoms with Crippen molar-refractivity contribution in [2.45, 2.75) is 40.5 Å². The number of nitrogens with one attached hydrogen (secondary N) is 1. The quantitative estimate of drug-likeness (QED) is 0.542. The molecule has 2 heterocycles. The molecule has 0 aromatic rings. The number of amides is 1. The maximum atomic E-state index is 14.3. The van der Waals surface area contributed by atoms with Gasteiger partial charge in [0.15, 0.2) is 0 Å². The molecule has 1 N–H and O–H groups in total. The molecule has 2 aliphatic heterocycles. The van der Waals surface area contributed by atoms with Crippen LogP contribution in [-0.4, -0.2) is 42.7 Å². The molecule has 0 saturated carbocycles. The van der Waals surface area contributed by atoms with Crippen LogP contribution in [0.15, 0.2) is 57.8 Å². The Morgan fingerprint density at radius 2 is 2.19 bits per heavy atom. The number of hydrogen-bond acceptors (Lipinski definition) is 5. The van der Waals surface area contributed by atoms with Gasteiger partial charge in [-0.2, -0.15) is 14.5 Å². The zero-order valence-corrected chi connectivity index (χ0v) is 16.6. The highest BCUT2D eigenvalue weighted by Crippen LogP contribution is 2.17. The van der Waals surface area contributed by atoms with Gasteiger partial charge in [0.2, 0.25) is 5.83 Å². The Morgan fingerprint density at radius 1 is 1.44 bits per heavy atom. The highest BCUT2D eigenvalue weighted by Gasteiger charge is 2.30. The zero-order valence-electron chi connectivity index (χ0n) is 16.6. The van der Waals surface area contributed by atoms with Gasteiger partial charge < -0.3 is 10.1 Å². The third kappa shape index (κ3) is 6.51. The lowest BCUT2D eigenvalue weighted by molar-refractivity contribution is -0.125. The lowest BCUT2D eigenvalue weighted by Gasteiger charge is -2.18. The summed E-state index contributed by atoms with van der Waals surface area (Å²) in [5.41, 5.74) is 1.31. The monoisotopic (exact) mass is 376 g/mol. The van der Waals surface area contributed by atoms with Crippen LogP contribution in [0.25, 0.3) is 0 Å². The topological polar surface area (TPSA) is 66.3 Å². The number of rotatable bonds is 7. The van der Waals surface area contributed by atoms with E-state index in [1.807, 2.05) is 39.8 Å². The number of halogens is 1. The number of hydrazone groups is 1. The third-order valence-electron chi connectivity index (χ3n) is 3.79. The average molecular weight is 376 g/mol. The minimum absolute atomic E-state index is 0.209. The molecule has 148 valence electrons. The van der Waals surface area contributed by atoms with E-state index in [4.69, 9.17) is 4.74 Å². The first kappa shape index (κ1) is 22.3. The predicted molar refractivity (Wildman–Crippen MR) is 108 cm³/mol. The molecule has 0 unspecified atom stereocenters. The van der Waals surface area contributed by atoms with Crippen LogP contribution in [0.3, 0.4) is 0 Å². The van der Waals surface area contributed by atoms with Gasteiger partial charge in [0.1, 0.15) is 5.84 Å². The lowest BCUT2D eigenvalue weighted by atomic mass is 10.2. The van der Waals surface area contributed by atoms with Crippen LogP contribution < -0.4 is 5.32 Å². The largest absolute Gasteiger partial charge is 0.498 e. The van der Waals surface area contributed by atoms with E-state index in [9.17, 15) is 9.18 Å². The summed E-state index contributed by atoms with van der Waals surface area (Å²) in [6.07, 6.45) is 8.19. The molecule has 1 amide bonds. The molecule has 27 heavy (non-hydrogen) atoms. The van der Waals surface area contributed by atoms with Gasteiger partial charge in [0, 0.05) is 12.6 Å². The molecule has 7 heteroatoms. The number of fused-ring (bicyclic) bond motifs is 1. The smallest absolute Gasteiger partial charge is 0.310 e. The van der Waals surface area contributed by atoms with Crippen molar-refractivity contribution in [1.29, 1.82) is 0 Å². The summed E-state index contributed by atoms with van der Waals surface area (Å²) < 4.78 is 19.9. The SMILES string of the molecule is C=C/C(=C\C=C(/C)OCCC1=C(F)C(=O)N2N=CCN=C2CN1)CC.CC. The van der Waals surface area contributed by atoms with Crippen LogP contribution in [-0.2, 0) is 9.53 Å². The first-order chi connectivity index (χ1) is 13.1. The summed E-state index contributed by atoms with van der Waals surface area (Å²) in [7, 11) is 0. The number of allylic oxidation sites excluding steroid dienone is 5. The molecule has 0 aromatic carbocycles. The Hall–Kier alpha value is -2.70. The average Bonchev–Trinajstić information content (AvgIpc) is 2.82. The van der Waals surface area contributed by atoms with E-state index < -0.39 is 11.7 Å². The fourth-order valence-corrected chi connectivity index (χ4v) is 2.30. The third-order valence-corrected chi connectivity index (χ3v) is 3.79. The van der Waals surface area contributed by atoms with Crippen molar-refractivity contribution >= 4 is 18.0 Å². The summed E-state index contributed by atoms with van der Waals surface area (Å²) in [6.45, 7) is 12.5. The highest BCUT2D eigenvalue weighted by molar-refractivity contribution is 6.08. The molecule has 0 spiro atoms. The highest BCUT2D eigenvalue weighted by atomic mass is 19.1. The Labute approximate surface area is 160 Å². The van der Waals surface area contributed by atoms with Gasteiger partial charge >= 0.3 is 5.91 Å². The number of nitrogens with zero attached hydrogens (tertiary/aromatic N) is 3. The fraction of sp³-hybridized carbons (Fsp3) is 0.450. The number of aliphatic imine (C=N–C) groups is 1. The standard InChI is InChI=1S/C18H23FN4O2.C2H6/c1-4-14(5-2)7-6-13(3)25-11-8-15-17(19)18(24)23-16(12-21-15)20-9-10-22-23;1-2/h4,6-7,10,21H,1,5,8-9,11-12H2,2-3H3;1-2H3/b13-6+,14-7+;. The summed E-state index contributed by atoms with van der Waals surface area (Å²) in [6, 6.07) is 0. The summed E-state index contributed by atoms with van der Waals surface area (Å²) in [5, 5.41) is 7.81. The first-order valence-corrected chi connectivity index (χ1v) is 9.22. The van der Waals surface area contributed by atoms with Crippen molar-refractivity contribution in [2.24, 2.45) is 10.1 Å². The summed E-state index contributed by atoms with van der Waals surface area (Å²) in [4.78, 5) is 16.3. The Kier molecular flexibility index (Phi) is 9.79. The van der Waals surface area contributed by atoms with Crippen molar-refractivity contribution < 1.29 is 13.9 Å². The second-order valence-electron chi connectivity index (χ2n) is 5.49. The van der Waals surface area contributed by atoms with Gasteiger partial charge in [-0.3, -0.25) is 9.79 Å². The number of hydrogen-bond donors (Lipinski definition) is 1. The van der Waals surface area contributed by atoms with Gasteiger partial charge in [-0.05, 0) is 25.0 Å². The van der Waals surface area contributed by atoms with E-state index in [2.05, 4.69) is 22.0 Å². The van der Waals surface area contributed by atoms with Crippen molar-refractivity contribution in [1.82, 2.24) is 10.3 Å². The molecule has 0 radical (unpaired) electrons. The maximum absolute atomic E-state index is 14.3. The number of ether oxygens (including phenoxy) is 1. The van der Waals surface area contributed by atoms with Crippen molar-refractivity contribution in [2.75, 3.05) is 19.7 Å². The van der Waals surface area contributed by atoms with E-state index in [0.29, 0.717) is 18.1 Å². The molecule has 0 aliphatic carbocycles. The summed E-state index contributed by atoms with van der Waals surface area (Å²) in [5.74, 6) is -0.533. The molecule has 0 fully saturated rings. The maximum Gasteiger partial charge on any atom is 0.310 e. The second kappa shape index (κ2) is 11.8. The second-order valence-corrected chi connectivity index (χ2v) is 5.49. The number of amidine groups is 1. The minimum Gasteiger partial charge on any atom is -0.498 e. The first-order valence-electron chi connectivity index (χ1n) is 9.22. The van der Waals surface area contributed by atoms with Crippen LogP contribution in [0, 0.1) is 0 Å². The molecular weight excluding hydrogens is 347 g/mol. The summed E-state index contributed by atoms with van der Waals surface area (Å²) >= 11 is 0. The van der Waals surface area contributed by atoms with Crippen LogP contribution in [0.5, 0.6) is 0 Å². The van der Waals surface area contributed by atoms with Gasteiger partial charge in [-0.25, -0.2) is 0 Å². The fourth-order valence-electron chi connectivity index (χ4n) is 2.30. The van der Waals surface area contributed by atoms with Crippen LogP contribution in [0.1, 0.15) is 40.5 Å². The molecule has 0 atom stereocenters. The van der Waals surface area contributed by atoms with Gasteiger partial charge in [-0.15, -0.1) is 0 Å². The Balaban J connectivity index is 0.00000176. The van der Waals surface area contributed by atoms with Gasteiger partial charge in [0.25, 0.3) is 0 Å². The molecule has 2 rings (SSSR count). The molecule has 0 saturated heterocycles. The minimum atomic E-state index is -0.852. The van der Waals surface area contributed by atoms with Crippen molar-refractivity contribution in [3.05, 3.63) is 47.7 Å². The Morgan fingerprint density at radius 3 is 2.85 bits per heavy atom. The molecule has 6 nitrogen and oxygen atoms in total. The zero-order chi connectivity index (χ0) is 20.2. The van der Waals surface area contributed by atoms with Crippen LogP contribution in [0.2, 0.25) is 0 Å². The van der Waals surface area contributed by atoms with Gasteiger partial charge in [-0.1, -0.05) is 39.5 Å². The van der Waals surface area contributed by atoms with E-state index >= 15 is 0 Å². The van der Waals surface area contributed by atoms with Crippen LogP contribution in [0.4, 0.5) is 4.39 Å². The van der Waals surface area contributed by atoms with E-state index in [1.165, 1.54) is 6.21 Å². The van der Waals surface area contributed by atoms with Crippen molar-refractivity contribution in [3.8, 4) is 0 Å². The normalized spacial score (nSPS) is 17.3. The Bertz CT molecular complexity index is 690. The van der Waals surface area contributed by atoms with E-state index in [-0.39, 0.29) is 25.3 Å². The molecular formula is C20H29FN4O2. The van der Waals surface area contributed by atoms with E-state index in [0.717, 1.165) is 17.0 Å². The molecule has 0 aromatic heterocycles. The molecule has 0 bridgehead atoms. The van der Waals surface area contributed by atoms with Gasteiger partial charge in [0.05, 0.1) is 31.2 Å². The molecule has 2 aliphatic rings. The predicted octanol–water partition coefficient (Wildman–Crippen LogP) is 3.86. The number of carbonyl (C=O) groups excluding carboxylic acids is 1. The number of carbonyl (C=O) groups is 1.